The van der Waals surface area contributed by atoms with E-state index in [2.05, 4.69) is 31.0 Å². The highest BCUT2D eigenvalue weighted by Crippen LogP contribution is 2.48. The summed E-state index contributed by atoms with van der Waals surface area (Å²) in [5, 5.41) is 26.5. The third-order valence-corrected chi connectivity index (χ3v) is 9.19. The van der Waals surface area contributed by atoms with E-state index in [1.54, 1.807) is 7.05 Å². The quantitative estimate of drug-likeness (QED) is 0.0413. The van der Waals surface area contributed by atoms with Gasteiger partial charge in [-0.15, -0.1) is 16.9 Å². The molecule has 272 valence electrons. The molecule has 1 fully saturated rings. The summed E-state index contributed by atoms with van der Waals surface area (Å²) in [6.07, 6.45) is 1.51. The number of esters is 3. The Morgan fingerprint density at radius 2 is 1.83 bits per heavy atom. The van der Waals surface area contributed by atoms with Crippen molar-refractivity contribution in [1.82, 2.24) is 35.4 Å². The third-order valence-electron chi connectivity index (χ3n) is 6.76. The highest BCUT2D eigenvalue weighted by molar-refractivity contribution is 8.01. The number of aliphatic carboxylic acids is 1. The number of hydrogen-bond donors (Lipinski definition) is 3. The second-order valence-electron chi connectivity index (χ2n) is 10.4. The van der Waals surface area contributed by atoms with Crippen LogP contribution >= 0.6 is 23.5 Å². The first-order valence-electron chi connectivity index (χ1n) is 14.4. The van der Waals surface area contributed by atoms with Crippen molar-refractivity contribution in [3.05, 3.63) is 29.2 Å². The van der Waals surface area contributed by atoms with E-state index in [4.69, 9.17) is 29.2 Å². The molecule has 2 aromatic heterocycles. The van der Waals surface area contributed by atoms with Gasteiger partial charge < -0.3 is 39.6 Å². The van der Waals surface area contributed by atoms with Gasteiger partial charge in [-0.2, -0.15) is 4.98 Å². The number of oxime groups is 1. The number of anilines is 1. The van der Waals surface area contributed by atoms with Gasteiger partial charge in [0.2, 0.25) is 10.9 Å². The number of ether oxygens (including phenoxy) is 3. The molecule has 2 aliphatic heterocycles. The Morgan fingerprint density at radius 3 is 2.42 bits per heavy atom. The zero-order valence-electron chi connectivity index (χ0n) is 27.2. The number of tetrazole rings is 1. The van der Waals surface area contributed by atoms with Crippen molar-refractivity contribution in [2.24, 2.45) is 12.2 Å². The number of nitrogens with zero attached hydrogens (tertiary/aromatic N) is 7. The van der Waals surface area contributed by atoms with Crippen LogP contribution in [0.15, 0.2) is 38.3 Å². The molecular weight excluding hydrogens is 734 g/mol. The van der Waals surface area contributed by atoms with E-state index in [0.29, 0.717) is 16.9 Å². The molecule has 0 aliphatic carbocycles. The second-order valence-corrected chi connectivity index (χ2v) is 12.5. The summed E-state index contributed by atoms with van der Waals surface area (Å²) in [6, 6.07) is -0.615. The summed E-state index contributed by atoms with van der Waals surface area (Å²) < 4.78 is 21.9. The Hall–Kier alpha value is -6.30. The molecule has 0 radical (unpaired) electrons. The molecule has 1 aromatic carbocycles. The molecule has 0 bridgehead atoms. The number of benzene rings is 1. The maximum Gasteiger partial charge on any atom is 0.366 e. The lowest BCUT2D eigenvalue weighted by Gasteiger charge is -2.49. The van der Waals surface area contributed by atoms with Crippen LogP contribution < -0.4 is 25.3 Å². The van der Waals surface area contributed by atoms with Crippen LogP contribution in [-0.4, -0.2) is 106 Å². The number of carboxylic acid groups (broad SMARTS) is 1. The molecule has 2 aliphatic rings. The molecule has 2 atom stereocenters. The van der Waals surface area contributed by atoms with Gasteiger partial charge in [0.15, 0.2) is 11.5 Å². The predicted octanol–water partition coefficient (Wildman–Crippen LogP) is -0.103. The van der Waals surface area contributed by atoms with Gasteiger partial charge in [-0.25, -0.2) is 14.3 Å². The molecule has 0 spiro atoms. The van der Waals surface area contributed by atoms with Gasteiger partial charge >= 0.3 is 29.8 Å². The average Bonchev–Trinajstić information content (AvgIpc) is 3.69. The monoisotopic (exact) mass is 759 g/mol. The van der Waals surface area contributed by atoms with Crippen molar-refractivity contribution in [3.63, 3.8) is 0 Å². The predicted molar refractivity (Wildman–Crippen MR) is 173 cm³/mol. The second kappa shape index (κ2) is 15.3. The Kier molecular flexibility index (Phi) is 10.9. The summed E-state index contributed by atoms with van der Waals surface area (Å²) in [5.74, 6) is -8.46. The molecule has 24 heteroatoms. The number of amides is 2. The summed E-state index contributed by atoms with van der Waals surface area (Å²) in [7, 11) is 1.62. The molecule has 3 aromatic rings. The zero-order valence-corrected chi connectivity index (χ0v) is 28.8. The van der Waals surface area contributed by atoms with Crippen LogP contribution in [0.25, 0.3) is 11.3 Å². The van der Waals surface area contributed by atoms with E-state index in [9.17, 15) is 38.7 Å². The molecule has 52 heavy (non-hydrogen) atoms. The lowest BCUT2D eigenvalue weighted by molar-refractivity contribution is -0.150. The van der Waals surface area contributed by atoms with Crippen molar-refractivity contribution in [3.8, 4) is 28.5 Å². The lowest BCUT2D eigenvalue weighted by atomic mass is 10.0. The van der Waals surface area contributed by atoms with Crippen LogP contribution in [0.4, 0.5) is 6.01 Å². The summed E-state index contributed by atoms with van der Waals surface area (Å²) in [4.78, 5) is 97.1. The first kappa shape index (κ1) is 37.0. The van der Waals surface area contributed by atoms with Crippen molar-refractivity contribution < 1.29 is 62.1 Å². The van der Waals surface area contributed by atoms with E-state index in [-0.39, 0.29) is 34.5 Å². The van der Waals surface area contributed by atoms with E-state index < -0.39 is 75.9 Å². The van der Waals surface area contributed by atoms with E-state index in [1.165, 1.54) is 28.2 Å². The normalized spacial score (nSPS) is 16.5. The Labute approximate surface area is 299 Å². The number of aromatic nitrogens is 5. The van der Waals surface area contributed by atoms with Crippen LogP contribution in [0, 0.1) is 0 Å². The number of aryl methyl sites for hydroxylation is 1. The molecule has 1 saturated heterocycles. The Bertz CT molecular complexity index is 2080. The number of nitrogens with one attached hydrogen (secondary N) is 1. The fourth-order valence-electron chi connectivity index (χ4n) is 4.80. The van der Waals surface area contributed by atoms with Gasteiger partial charge in [0.25, 0.3) is 17.8 Å². The van der Waals surface area contributed by atoms with Crippen LogP contribution in [0.1, 0.15) is 31.1 Å². The summed E-state index contributed by atoms with van der Waals surface area (Å²) >= 11 is 2.41. The topological polar surface area (TPSA) is 300 Å². The summed E-state index contributed by atoms with van der Waals surface area (Å²) in [6.45, 7) is 3.00. The first-order chi connectivity index (χ1) is 24.7. The molecular formula is C28H25N9O13S2. The van der Waals surface area contributed by atoms with Gasteiger partial charge in [-0.3, -0.25) is 28.9 Å². The molecule has 0 unspecified atom stereocenters. The van der Waals surface area contributed by atoms with E-state index >= 15 is 0 Å². The van der Waals surface area contributed by atoms with Gasteiger partial charge in [0.05, 0.1) is 11.1 Å². The third kappa shape index (κ3) is 7.86. The number of carbonyl (C=O) groups excluding carboxylic acids is 6. The molecule has 4 N–H and O–H groups in total. The molecule has 22 nitrogen and oxygen atoms in total. The van der Waals surface area contributed by atoms with Crippen LogP contribution in [0.3, 0.4) is 0 Å². The fraction of sp³-hybridized carbons (Fsp3) is 0.286. The highest BCUT2D eigenvalue weighted by Gasteiger charge is 2.54. The molecule has 4 heterocycles. The number of carboxylic acids is 1. The standard InChI is InChI=1S/C28H25N9O13S2/c1-10(38)47-16-5-14(18(15-7-46-27(29)31-15)22(49-12(3)40)21(16)48-11(2)39)26(45)50-30-6-17(41)32-19-23(42)37-20(25(43)44)13(8-51-24(19)37)9-52-28-33-34-35-36(28)4/h5-7,19,24H,8-9H2,1-4H3,(H2,29,31)(H,32,41)(H,43,44)/t19-,24+/m1/s1. The highest BCUT2D eigenvalue weighted by atomic mass is 32.2. The fourth-order valence-corrected chi connectivity index (χ4v) is 7.13. The average molecular weight is 760 g/mol. The van der Waals surface area contributed by atoms with Crippen molar-refractivity contribution in [2.75, 3.05) is 17.2 Å². The number of thioether (sulfide) groups is 2. The van der Waals surface area contributed by atoms with Crippen molar-refractivity contribution >= 4 is 77.4 Å². The number of rotatable bonds is 12. The van der Waals surface area contributed by atoms with Gasteiger partial charge in [0, 0.05) is 45.4 Å². The number of carbonyl (C=O) groups is 7. The number of hydrogen-bond acceptors (Lipinski definition) is 20. The SMILES string of the molecule is CC(=O)Oc1cc(C(=O)ON=CC(=O)N[C@@H]2C(=O)N3C(C(=O)O)=C(CSc4nnnn4C)CS[C@@H]23)c(-c2coc(N)n2)c(OC(C)=O)c1OC(C)=O. The van der Waals surface area contributed by atoms with Gasteiger partial charge in [0.1, 0.15) is 35.3 Å². The number of nitrogen functional groups attached to an aromatic ring is 1. The minimum Gasteiger partial charge on any atom is -0.477 e. The molecule has 5 rings (SSSR count). The Balaban J connectivity index is 1.35. The van der Waals surface area contributed by atoms with Crippen LogP contribution in [0.2, 0.25) is 0 Å². The molecule has 0 saturated carbocycles. The van der Waals surface area contributed by atoms with E-state index in [0.717, 1.165) is 38.0 Å². The number of oxazole rings is 1. The smallest absolute Gasteiger partial charge is 0.366 e. The number of fused-ring (bicyclic) bond motifs is 1. The lowest BCUT2D eigenvalue weighted by Crippen LogP contribution is -2.70. The van der Waals surface area contributed by atoms with Crippen LogP contribution in [-0.2, 0) is 40.7 Å². The summed E-state index contributed by atoms with van der Waals surface area (Å²) in [5.41, 5.74) is 4.73. The maximum atomic E-state index is 13.4. The minimum atomic E-state index is -1.33. The zero-order chi connectivity index (χ0) is 37.9. The van der Waals surface area contributed by atoms with Crippen LogP contribution in [0.5, 0.6) is 17.2 Å². The maximum absolute atomic E-state index is 13.4. The van der Waals surface area contributed by atoms with Crippen molar-refractivity contribution in [1.29, 1.82) is 0 Å². The largest absolute Gasteiger partial charge is 0.477 e. The number of β-lactam (4-membered cyclic amide) rings is 1. The Morgan fingerprint density at radius 1 is 1.13 bits per heavy atom. The van der Waals surface area contributed by atoms with Crippen molar-refractivity contribution in [2.45, 2.75) is 37.3 Å². The number of nitrogens with two attached hydrogens (primary N) is 1. The van der Waals surface area contributed by atoms with Gasteiger partial charge in [-0.1, -0.05) is 16.9 Å². The minimum absolute atomic E-state index is 0.192. The first-order valence-corrected chi connectivity index (χ1v) is 16.5. The van der Waals surface area contributed by atoms with Gasteiger partial charge in [-0.05, 0) is 16.0 Å². The van der Waals surface area contributed by atoms with E-state index in [1.807, 2.05) is 0 Å². The molecule has 2 amide bonds.